The Morgan fingerprint density at radius 1 is 1.44 bits per heavy atom. The predicted octanol–water partition coefficient (Wildman–Crippen LogP) is 1.58. The molecular formula is C12H22N4O2. The van der Waals surface area contributed by atoms with Gasteiger partial charge in [0.25, 0.3) is 0 Å². The largest absolute Gasteiger partial charge is 0.406 e. The van der Waals surface area contributed by atoms with Crippen molar-refractivity contribution in [2.75, 3.05) is 31.6 Å². The van der Waals surface area contributed by atoms with Gasteiger partial charge in [0.2, 0.25) is 5.89 Å². The highest BCUT2D eigenvalue weighted by atomic mass is 16.5. The van der Waals surface area contributed by atoms with Crippen LogP contribution in [0.15, 0.2) is 4.42 Å². The van der Waals surface area contributed by atoms with Crippen LogP contribution in [0.3, 0.4) is 0 Å². The van der Waals surface area contributed by atoms with Gasteiger partial charge in [-0.1, -0.05) is 12.0 Å². The number of ether oxygens (including phenoxy) is 1. The summed E-state index contributed by atoms with van der Waals surface area (Å²) in [5, 5.41) is 14.4. The molecule has 2 heterocycles. The minimum Gasteiger partial charge on any atom is -0.406 e. The van der Waals surface area contributed by atoms with Crippen molar-refractivity contribution in [3.63, 3.8) is 0 Å². The fraction of sp³-hybridized carbons (Fsp3) is 0.833. The Hall–Kier alpha value is -1.14. The second-order valence-corrected chi connectivity index (χ2v) is 4.69. The fourth-order valence-electron chi connectivity index (χ4n) is 2.07. The van der Waals surface area contributed by atoms with E-state index in [-0.39, 0.29) is 6.04 Å². The maximum Gasteiger partial charge on any atom is 0.315 e. The van der Waals surface area contributed by atoms with Crippen LogP contribution < -0.4 is 10.6 Å². The van der Waals surface area contributed by atoms with Crippen LogP contribution in [0.2, 0.25) is 0 Å². The summed E-state index contributed by atoms with van der Waals surface area (Å²) in [6.45, 7) is 7.48. The first kappa shape index (κ1) is 13.3. The summed E-state index contributed by atoms with van der Waals surface area (Å²) in [4.78, 5) is 0. The molecule has 1 aliphatic heterocycles. The van der Waals surface area contributed by atoms with Crippen LogP contribution >= 0.6 is 0 Å². The number of aromatic nitrogens is 2. The highest BCUT2D eigenvalue weighted by Gasteiger charge is 2.16. The van der Waals surface area contributed by atoms with Gasteiger partial charge < -0.3 is 19.8 Å². The lowest BCUT2D eigenvalue weighted by Crippen LogP contribution is -2.24. The first-order valence-corrected chi connectivity index (χ1v) is 6.68. The zero-order valence-electron chi connectivity index (χ0n) is 11.1. The molecule has 2 rings (SSSR count). The Morgan fingerprint density at radius 2 is 2.33 bits per heavy atom. The monoisotopic (exact) mass is 254 g/mol. The average Bonchev–Trinajstić information content (AvgIpc) is 2.87. The summed E-state index contributed by atoms with van der Waals surface area (Å²) in [7, 11) is 0. The van der Waals surface area contributed by atoms with E-state index < -0.39 is 0 Å². The number of nitrogens with zero attached hydrogens (tertiary/aromatic N) is 2. The number of hydrogen-bond acceptors (Lipinski definition) is 6. The van der Waals surface area contributed by atoms with Crippen molar-refractivity contribution in [2.45, 2.75) is 32.7 Å². The van der Waals surface area contributed by atoms with Crippen molar-refractivity contribution in [3.05, 3.63) is 5.89 Å². The van der Waals surface area contributed by atoms with Crippen molar-refractivity contribution in [1.29, 1.82) is 0 Å². The van der Waals surface area contributed by atoms with Crippen molar-refractivity contribution in [3.8, 4) is 0 Å². The molecule has 18 heavy (non-hydrogen) atoms. The summed E-state index contributed by atoms with van der Waals surface area (Å²) in [6.07, 6.45) is 2.33. The van der Waals surface area contributed by atoms with Gasteiger partial charge in [-0.3, -0.25) is 0 Å². The van der Waals surface area contributed by atoms with Gasteiger partial charge in [-0.25, -0.2) is 0 Å². The molecule has 0 radical (unpaired) electrons. The van der Waals surface area contributed by atoms with Crippen molar-refractivity contribution >= 4 is 6.01 Å². The van der Waals surface area contributed by atoms with E-state index in [1.165, 1.54) is 6.42 Å². The van der Waals surface area contributed by atoms with Gasteiger partial charge in [0.05, 0.1) is 12.6 Å². The highest BCUT2D eigenvalue weighted by molar-refractivity contribution is 5.17. The molecule has 2 atom stereocenters. The fourth-order valence-corrected chi connectivity index (χ4v) is 2.07. The van der Waals surface area contributed by atoms with E-state index in [0.717, 1.165) is 32.7 Å². The SMILES string of the molecule is CCNC(C)c1nnc(NCC2CCCOC2)o1. The van der Waals surface area contributed by atoms with E-state index in [2.05, 4.69) is 27.8 Å². The van der Waals surface area contributed by atoms with Crippen molar-refractivity contribution < 1.29 is 9.15 Å². The maximum atomic E-state index is 5.55. The summed E-state index contributed by atoms with van der Waals surface area (Å²) in [5.41, 5.74) is 0. The molecule has 1 saturated heterocycles. The van der Waals surface area contributed by atoms with Gasteiger partial charge in [-0.2, -0.15) is 0 Å². The number of rotatable bonds is 6. The third-order valence-electron chi connectivity index (χ3n) is 3.12. The van der Waals surface area contributed by atoms with Gasteiger partial charge in [0, 0.05) is 13.2 Å². The third kappa shape index (κ3) is 3.68. The Morgan fingerprint density at radius 3 is 3.06 bits per heavy atom. The van der Waals surface area contributed by atoms with Crippen LogP contribution in [-0.2, 0) is 4.74 Å². The van der Waals surface area contributed by atoms with E-state index in [9.17, 15) is 0 Å². The third-order valence-corrected chi connectivity index (χ3v) is 3.12. The predicted molar refractivity (Wildman–Crippen MR) is 68.4 cm³/mol. The van der Waals surface area contributed by atoms with Gasteiger partial charge in [-0.15, -0.1) is 5.10 Å². The van der Waals surface area contributed by atoms with Crippen LogP contribution in [0.5, 0.6) is 0 Å². The summed E-state index contributed by atoms with van der Waals surface area (Å²) < 4.78 is 11.0. The first-order chi connectivity index (χ1) is 8.79. The lowest BCUT2D eigenvalue weighted by Gasteiger charge is -2.21. The minimum atomic E-state index is 0.0936. The molecule has 1 fully saturated rings. The van der Waals surface area contributed by atoms with Gasteiger partial charge in [0.1, 0.15) is 0 Å². The van der Waals surface area contributed by atoms with Crippen LogP contribution in [-0.4, -0.2) is 36.5 Å². The molecular weight excluding hydrogens is 232 g/mol. The van der Waals surface area contributed by atoms with E-state index >= 15 is 0 Å². The van der Waals surface area contributed by atoms with Gasteiger partial charge >= 0.3 is 6.01 Å². The molecule has 0 bridgehead atoms. The molecule has 0 spiro atoms. The number of hydrogen-bond donors (Lipinski definition) is 2. The van der Waals surface area contributed by atoms with Gasteiger partial charge in [-0.05, 0) is 32.2 Å². The van der Waals surface area contributed by atoms with Crippen LogP contribution in [0.25, 0.3) is 0 Å². The summed E-state index contributed by atoms with van der Waals surface area (Å²) >= 11 is 0. The minimum absolute atomic E-state index is 0.0936. The Labute approximate surface area is 107 Å². The molecule has 6 nitrogen and oxygen atoms in total. The van der Waals surface area contributed by atoms with E-state index in [4.69, 9.17) is 9.15 Å². The molecule has 1 aromatic rings. The average molecular weight is 254 g/mol. The molecule has 0 saturated carbocycles. The lowest BCUT2D eigenvalue weighted by molar-refractivity contribution is 0.0593. The topological polar surface area (TPSA) is 72.2 Å². The van der Waals surface area contributed by atoms with E-state index in [1.54, 1.807) is 0 Å². The quantitative estimate of drug-likeness (QED) is 0.803. The molecule has 1 aliphatic rings. The molecule has 0 aromatic carbocycles. The second-order valence-electron chi connectivity index (χ2n) is 4.69. The molecule has 2 unspecified atom stereocenters. The molecule has 2 N–H and O–H groups in total. The summed E-state index contributed by atoms with van der Waals surface area (Å²) in [5.74, 6) is 1.17. The highest BCUT2D eigenvalue weighted by Crippen LogP contribution is 2.16. The van der Waals surface area contributed by atoms with E-state index in [1.807, 2.05) is 6.92 Å². The Bertz CT molecular complexity index is 350. The molecule has 1 aromatic heterocycles. The van der Waals surface area contributed by atoms with E-state index in [0.29, 0.717) is 17.8 Å². The van der Waals surface area contributed by atoms with Crippen molar-refractivity contribution in [2.24, 2.45) is 5.92 Å². The molecule has 102 valence electrons. The van der Waals surface area contributed by atoms with Crippen LogP contribution in [0.1, 0.15) is 38.6 Å². The zero-order chi connectivity index (χ0) is 12.8. The summed E-state index contributed by atoms with van der Waals surface area (Å²) in [6, 6.07) is 0.594. The Kier molecular flexibility index (Phi) is 4.95. The van der Waals surface area contributed by atoms with Crippen LogP contribution in [0.4, 0.5) is 6.01 Å². The maximum absolute atomic E-state index is 5.55. The molecule has 0 amide bonds. The first-order valence-electron chi connectivity index (χ1n) is 6.68. The van der Waals surface area contributed by atoms with Gasteiger partial charge in [0.15, 0.2) is 0 Å². The smallest absolute Gasteiger partial charge is 0.315 e. The number of nitrogens with one attached hydrogen (secondary N) is 2. The molecule has 0 aliphatic carbocycles. The van der Waals surface area contributed by atoms with Crippen LogP contribution in [0, 0.1) is 5.92 Å². The lowest BCUT2D eigenvalue weighted by atomic mass is 10.0. The number of anilines is 1. The van der Waals surface area contributed by atoms with Crippen molar-refractivity contribution in [1.82, 2.24) is 15.5 Å². The molecule has 6 heteroatoms. The Balaban J connectivity index is 1.79. The standard InChI is InChI=1S/C12H22N4O2/c1-3-13-9(2)11-15-16-12(18-11)14-7-10-5-4-6-17-8-10/h9-10,13H,3-8H2,1-2H3,(H,14,16). The normalized spacial score (nSPS) is 21.8. The zero-order valence-corrected chi connectivity index (χ0v) is 11.1. The second kappa shape index (κ2) is 6.70.